The minimum atomic E-state index is -0.186. The summed E-state index contributed by atoms with van der Waals surface area (Å²) in [5.74, 6) is 0.104. The fraction of sp³-hybridized carbons (Fsp3) is 0. The Kier molecular flexibility index (Phi) is 2.35. The minimum absolute atomic E-state index is 0.104. The molecule has 0 aliphatic rings. The summed E-state index contributed by atoms with van der Waals surface area (Å²) in [6.45, 7) is 0. The van der Waals surface area contributed by atoms with Crippen molar-refractivity contribution in [1.82, 2.24) is 14.8 Å². The zero-order valence-electron chi connectivity index (χ0n) is 10.9. The Labute approximate surface area is 119 Å². The summed E-state index contributed by atoms with van der Waals surface area (Å²) in [5.41, 5.74) is 1.78. The van der Waals surface area contributed by atoms with Gasteiger partial charge in [-0.25, -0.2) is 4.68 Å². The number of benzene rings is 2. The van der Waals surface area contributed by atoms with Crippen LogP contribution in [0.25, 0.3) is 27.5 Å². The largest absolute Gasteiger partial charge is 0.507 e. The monoisotopic (exact) mass is 277 g/mol. The summed E-state index contributed by atoms with van der Waals surface area (Å²) in [6, 6.07) is 14.4. The van der Waals surface area contributed by atoms with Crippen molar-refractivity contribution in [2.45, 2.75) is 0 Å². The lowest BCUT2D eigenvalue weighted by Crippen LogP contribution is -2.13. The molecule has 0 radical (unpaired) electrons. The number of nitrogens with one attached hydrogen (secondary N) is 1. The normalized spacial score (nSPS) is 11.2. The number of para-hydroxylation sites is 1. The van der Waals surface area contributed by atoms with Crippen molar-refractivity contribution in [3.8, 4) is 11.4 Å². The van der Waals surface area contributed by atoms with Gasteiger partial charge in [-0.3, -0.25) is 14.9 Å². The average Bonchev–Trinajstić information content (AvgIpc) is 2.85. The first kappa shape index (κ1) is 11.7. The SMILES string of the molecule is O=c1c2cnc3cccc(O)c3c2[nH]n1-c1ccccc1. The van der Waals surface area contributed by atoms with Gasteiger partial charge in [0.1, 0.15) is 5.75 Å². The molecular formula is C16H11N3O2. The number of aromatic amines is 1. The number of pyridine rings is 1. The van der Waals surface area contributed by atoms with E-state index in [1.54, 1.807) is 18.2 Å². The van der Waals surface area contributed by atoms with Crippen molar-refractivity contribution < 1.29 is 5.11 Å². The topological polar surface area (TPSA) is 70.9 Å². The Morgan fingerprint density at radius 2 is 1.86 bits per heavy atom. The number of hydrogen-bond donors (Lipinski definition) is 2. The third-order valence-corrected chi connectivity index (χ3v) is 3.54. The van der Waals surface area contributed by atoms with E-state index >= 15 is 0 Å². The van der Waals surface area contributed by atoms with Crippen LogP contribution in [-0.2, 0) is 0 Å². The highest BCUT2D eigenvalue weighted by atomic mass is 16.3. The van der Waals surface area contributed by atoms with Gasteiger partial charge in [-0.1, -0.05) is 24.3 Å². The van der Waals surface area contributed by atoms with Crippen LogP contribution in [0.4, 0.5) is 0 Å². The Morgan fingerprint density at radius 3 is 2.67 bits per heavy atom. The minimum Gasteiger partial charge on any atom is -0.507 e. The molecule has 2 N–H and O–H groups in total. The molecule has 0 fully saturated rings. The molecule has 5 heteroatoms. The van der Waals surface area contributed by atoms with Gasteiger partial charge in [0.15, 0.2) is 0 Å². The molecule has 21 heavy (non-hydrogen) atoms. The summed E-state index contributed by atoms with van der Waals surface area (Å²) in [7, 11) is 0. The maximum Gasteiger partial charge on any atom is 0.280 e. The zero-order valence-corrected chi connectivity index (χ0v) is 10.9. The number of aromatic hydroxyl groups is 1. The Bertz CT molecular complexity index is 1020. The van der Waals surface area contributed by atoms with E-state index in [1.165, 1.54) is 10.9 Å². The van der Waals surface area contributed by atoms with Crippen molar-refractivity contribution in [1.29, 1.82) is 0 Å². The van der Waals surface area contributed by atoms with Crippen LogP contribution in [0, 0.1) is 0 Å². The first-order valence-electron chi connectivity index (χ1n) is 6.52. The number of phenolic OH excluding ortho intramolecular Hbond substituents is 1. The molecule has 2 heterocycles. The second-order valence-corrected chi connectivity index (χ2v) is 4.81. The highest BCUT2D eigenvalue weighted by Gasteiger charge is 2.13. The summed E-state index contributed by atoms with van der Waals surface area (Å²) in [4.78, 5) is 16.7. The number of H-pyrrole nitrogens is 1. The van der Waals surface area contributed by atoms with Gasteiger partial charge in [0, 0.05) is 6.20 Å². The van der Waals surface area contributed by atoms with Gasteiger partial charge >= 0.3 is 0 Å². The lowest BCUT2D eigenvalue weighted by molar-refractivity contribution is 0.482. The van der Waals surface area contributed by atoms with Crippen molar-refractivity contribution in [2.24, 2.45) is 0 Å². The van der Waals surface area contributed by atoms with Gasteiger partial charge in [-0.15, -0.1) is 0 Å². The number of fused-ring (bicyclic) bond motifs is 3. The molecule has 2 aromatic heterocycles. The van der Waals surface area contributed by atoms with Crippen LogP contribution in [0.2, 0.25) is 0 Å². The van der Waals surface area contributed by atoms with Crippen molar-refractivity contribution >= 4 is 21.8 Å². The molecule has 0 unspecified atom stereocenters. The average molecular weight is 277 g/mol. The second kappa shape index (κ2) is 4.21. The van der Waals surface area contributed by atoms with E-state index in [-0.39, 0.29) is 11.3 Å². The molecule has 0 amide bonds. The molecule has 102 valence electrons. The molecule has 0 aliphatic heterocycles. The first-order valence-corrected chi connectivity index (χ1v) is 6.52. The number of aromatic nitrogens is 3. The summed E-state index contributed by atoms with van der Waals surface area (Å²) in [5, 5.41) is 14.1. The number of phenols is 1. The van der Waals surface area contributed by atoms with Gasteiger partial charge in [0.2, 0.25) is 0 Å². The molecular weight excluding hydrogens is 266 g/mol. The lowest BCUT2D eigenvalue weighted by Gasteiger charge is -2.01. The van der Waals surface area contributed by atoms with Crippen LogP contribution in [-0.4, -0.2) is 19.9 Å². The van der Waals surface area contributed by atoms with E-state index in [1.807, 2.05) is 30.3 Å². The van der Waals surface area contributed by atoms with E-state index < -0.39 is 0 Å². The highest BCUT2D eigenvalue weighted by molar-refractivity contribution is 6.06. The molecule has 0 atom stereocenters. The maximum absolute atomic E-state index is 12.5. The summed E-state index contributed by atoms with van der Waals surface area (Å²) in [6.07, 6.45) is 1.54. The van der Waals surface area contributed by atoms with E-state index in [4.69, 9.17) is 0 Å². The van der Waals surface area contributed by atoms with Crippen LogP contribution in [0.15, 0.2) is 59.5 Å². The van der Waals surface area contributed by atoms with Crippen molar-refractivity contribution in [2.75, 3.05) is 0 Å². The smallest absolute Gasteiger partial charge is 0.280 e. The highest BCUT2D eigenvalue weighted by Crippen LogP contribution is 2.28. The molecule has 0 aliphatic carbocycles. The predicted molar refractivity (Wildman–Crippen MR) is 80.9 cm³/mol. The van der Waals surface area contributed by atoms with Gasteiger partial charge in [0.05, 0.1) is 27.5 Å². The summed E-state index contributed by atoms with van der Waals surface area (Å²) < 4.78 is 1.46. The molecule has 4 rings (SSSR count). The molecule has 0 saturated carbocycles. The number of nitrogens with zero attached hydrogens (tertiary/aromatic N) is 2. The van der Waals surface area contributed by atoms with Gasteiger partial charge in [-0.2, -0.15) is 0 Å². The first-order chi connectivity index (χ1) is 10.3. The van der Waals surface area contributed by atoms with Crippen LogP contribution >= 0.6 is 0 Å². The standard InChI is InChI=1S/C16H11N3O2/c20-13-8-4-7-12-14(13)15-11(9-17-12)16(21)19(18-15)10-5-2-1-3-6-10/h1-9,18,20H. The maximum atomic E-state index is 12.5. The third-order valence-electron chi connectivity index (χ3n) is 3.54. The number of hydrogen-bond acceptors (Lipinski definition) is 3. The molecule has 0 saturated heterocycles. The zero-order chi connectivity index (χ0) is 14.4. The van der Waals surface area contributed by atoms with Crippen LogP contribution in [0.3, 0.4) is 0 Å². The Hall–Kier alpha value is -3.08. The molecule has 5 nitrogen and oxygen atoms in total. The van der Waals surface area contributed by atoms with Gasteiger partial charge in [-0.05, 0) is 24.3 Å². The van der Waals surface area contributed by atoms with E-state index in [0.29, 0.717) is 21.8 Å². The molecule has 2 aromatic carbocycles. The quantitative estimate of drug-likeness (QED) is 0.561. The Balaban J connectivity index is 2.16. The van der Waals surface area contributed by atoms with Crippen LogP contribution < -0.4 is 5.56 Å². The van der Waals surface area contributed by atoms with E-state index in [9.17, 15) is 9.90 Å². The van der Waals surface area contributed by atoms with Gasteiger partial charge in [0.25, 0.3) is 5.56 Å². The molecule has 0 spiro atoms. The van der Waals surface area contributed by atoms with Crippen molar-refractivity contribution in [3.05, 3.63) is 65.1 Å². The second-order valence-electron chi connectivity index (χ2n) is 4.81. The lowest BCUT2D eigenvalue weighted by atomic mass is 10.1. The molecule has 4 aromatic rings. The fourth-order valence-corrected chi connectivity index (χ4v) is 2.55. The van der Waals surface area contributed by atoms with Gasteiger partial charge < -0.3 is 5.11 Å². The summed E-state index contributed by atoms with van der Waals surface area (Å²) >= 11 is 0. The third kappa shape index (κ3) is 1.64. The van der Waals surface area contributed by atoms with Crippen LogP contribution in [0.1, 0.15) is 0 Å². The number of rotatable bonds is 1. The molecule has 0 bridgehead atoms. The van der Waals surface area contributed by atoms with Crippen molar-refractivity contribution in [3.63, 3.8) is 0 Å². The Morgan fingerprint density at radius 1 is 1.05 bits per heavy atom. The predicted octanol–water partition coefficient (Wildman–Crippen LogP) is 2.57. The van der Waals surface area contributed by atoms with E-state index in [2.05, 4.69) is 10.1 Å². The van der Waals surface area contributed by atoms with Crippen LogP contribution in [0.5, 0.6) is 5.75 Å². The van der Waals surface area contributed by atoms with E-state index in [0.717, 1.165) is 5.69 Å². The fourth-order valence-electron chi connectivity index (χ4n) is 2.55.